The molecule has 9 rings (SSSR count). The number of benzene rings is 4. The maximum Gasteiger partial charge on any atom is 0.0775 e. The molecule has 0 saturated carbocycles. The quantitative estimate of drug-likeness (QED) is 0.136. The van der Waals surface area contributed by atoms with Gasteiger partial charge in [0.05, 0.1) is 45.6 Å². The van der Waals surface area contributed by atoms with Gasteiger partial charge in [-0.15, -0.1) is 0 Å². The fraction of sp³-hybridized carbons (Fsp3) is 0.353. The molecule has 5 heterocycles. The first-order valence-corrected chi connectivity index (χ1v) is 27.0. The molecule has 4 aromatic carbocycles. The van der Waals surface area contributed by atoms with Gasteiger partial charge in [0.1, 0.15) is 0 Å². The van der Waals surface area contributed by atoms with Crippen LogP contribution in [0.15, 0.2) is 209 Å². The normalized spacial score (nSPS) is 17.8. The summed E-state index contributed by atoms with van der Waals surface area (Å²) in [6, 6.07) is 44.0. The van der Waals surface area contributed by atoms with Gasteiger partial charge in [0.2, 0.25) is 0 Å². The molecule has 0 spiro atoms. The number of hydrogen-bond acceptors (Lipinski definition) is 4. The molecule has 0 saturated heterocycles. The summed E-state index contributed by atoms with van der Waals surface area (Å²) in [5.41, 5.74) is 27.1. The van der Waals surface area contributed by atoms with Crippen molar-refractivity contribution in [1.29, 1.82) is 0 Å². The fourth-order valence-electron chi connectivity index (χ4n) is 12.1. The average Bonchev–Trinajstić information content (AvgIpc) is 4.13. The second-order valence-corrected chi connectivity index (χ2v) is 22.7. The molecule has 72 heavy (non-hydrogen) atoms. The van der Waals surface area contributed by atoms with Crippen molar-refractivity contribution in [3.63, 3.8) is 0 Å². The molecule has 0 amide bonds. The minimum atomic E-state index is 0.149. The van der Waals surface area contributed by atoms with Crippen molar-refractivity contribution in [2.45, 2.75) is 111 Å². The molecule has 4 nitrogen and oxygen atoms in total. The number of aliphatic imine (C=N–C) groups is 4. The number of fused-ring (bicyclic) bond motifs is 4. The molecule has 4 heteroatoms. The molecule has 5 aliphatic heterocycles. The number of nitrogens with zero attached hydrogens (tertiary/aromatic N) is 4. The molecular weight excluding hydrogens is 873 g/mol. The molecule has 0 aromatic heterocycles. The van der Waals surface area contributed by atoms with Gasteiger partial charge in [-0.25, -0.2) is 20.0 Å². The van der Waals surface area contributed by atoms with Crippen LogP contribution in [0.5, 0.6) is 0 Å². The highest BCUT2D eigenvalue weighted by Gasteiger charge is 2.43. The van der Waals surface area contributed by atoms with Crippen LogP contribution in [0, 0.1) is 47.3 Å². The van der Waals surface area contributed by atoms with Gasteiger partial charge in [-0.2, -0.15) is 0 Å². The van der Waals surface area contributed by atoms with Crippen LogP contribution in [-0.2, 0) is 0 Å². The van der Waals surface area contributed by atoms with E-state index in [-0.39, 0.29) is 47.3 Å². The Labute approximate surface area is 432 Å². The van der Waals surface area contributed by atoms with Crippen LogP contribution in [0.2, 0.25) is 0 Å². The average molecular weight is 949 g/mol. The summed E-state index contributed by atoms with van der Waals surface area (Å²) in [4.78, 5) is 24.7. The molecule has 0 aliphatic carbocycles. The van der Waals surface area contributed by atoms with E-state index in [0.29, 0.717) is 0 Å². The molecule has 0 atom stereocenters. The maximum absolute atomic E-state index is 6.18. The van der Waals surface area contributed by atoms with Gasteiger partial charge in [-0.1, -0.05) is 232 Å². The van der Waals surface area contributed by atoms with Crippen molar-refractivity contribution in [2.24, 2.45) is 67.3 Å². The van der Waals surface area contributed by atoms with Gasteiger partial charge in [-0.05, 0) is 114 Å². The van der Waals surface area contributed by atoms with Gasteiger partial charge >= 0.3 is 0 Å². The van der Waals surface area contributed by atoms with Gasteiger partial charge in [0, 0.05) is 22.3 Å². The maximum atomic E-state index is 6.18. The summed E-state index contributed by atoms with van der Waals surface area (Å²) in [5.74, 6) is 1.19. The second-order valence-electron chi connectivity index (χ2n) is 22.7. The SMILES string of the molecule is CC(C)C1=C(C(C)C)C2=C(c3ccccc3)C3=NC(=C(c4ccccc4)C4=NC(=C(c5ccccc5)C5=NC(=C(c6ccccc6)C1=N2)C(C(C)C)=C5C(C)C)C(C(C)C)=C4C(C)C)C(C(C)C)=C3C(C)C. The lowest BCUT2D eigenvalue weighted by molar-refractivity contribution is 0.726. The molecule has 0 radical (unpaired) electrons. The third-order valence-electron chi connectivity index (χ3n) is 14.9. The van der Waals surface area contributed by atoms with E-state index in [9.17, 15) is 0 Å². The highest BCUT2D eigenvalue weighted by molar-refractivity contribution is 6.43. The van der Waals surface area contributed by atoms with Crippen LogP contribution in [0.25, 0.3) is 22.3 Å². The van der Waals surface area contributed by atoms with E-state index >= 15 is 0 Å². The second kappa shape index (κ2) is 20.2. The number of allylic oxidation sites excluding steroid dienone is 12. The Kier molecular flexibility index (Phi) is 14.1. The lowest BCUT2D eigenvalue weighted by Crippen LogP contribution is -2.16. The largest absolute Gasteiger partial charge is 0.247 e. The van der Waals surface area contributed by atoms with Crippen molar-refractivity contribution in [1.82, 2.24) is 0 Å². The zero-order valence-corrected chi connectivity index (χ0v) is 46.0. The van der Waals surface area contributed by atoms with E-state index in [1.165, 1.54) is 44.6 Å². The van der Waals surface area contributed by atoms with Crippen molar-refractivity contribution in [3.8, 4) is 0 Å². The zero-order valence-electron chi connectivity index (χ0n) is 46.0. The molecule has 0 unspecified atom stereocenters. The van der Waals surface area contributed by atoms with Crippen LogP contribution in [-0.4, -0.2) is 22.8 Å². The van der Waals surface area contributed by atoms with Crippen molar-refractivity contribution in [3.05, 3.63) is 211 Å². The first kappa shape index (κ1) is 50.4. The Hall–Kier alpha value is -6.52. The molecule has 5 aliphatic rings. The molecule has 0 N–H and O–H groups in total. The predicted octanol–water partition coefficient (Wildman–Crippen LogP) is 17.9. The Bertz CT molecular complexity index is 2770. The van der Waals surface area contributed by atoms with E-state index in [1.54, 1.807) is 0 Å². The molecule has 8 bridgehead atoms. The Morgan fingerprint density at radius 1 is 0.208 bits per heavy atom. The van der Waals surface area contributed by atoms with Crippen LogP contribution in [0.3, 0.4) is 0 Å². The van der Waals surface area contributed by atoms with Crippen LogP contribution >= 0.6 is 0 Å². The molecule has 4 aromatic rings. The summed E-state index contributed by atoms with van der Waals surface area (Å²) in [6.07, 6.45) is 0. The Balaban J connectivity index is 1.66. The van der Waals surface area contributed by atoms with Crippen LogP contribution < -0.4 is 0 Å². The molecule has 368 valence electrons. The summed E-state index contributed by atoms with van der Waals surface area (Å²) in [5, 5.41) is 0. The van der Waals surface area contributed by atoms with Crippen LogP contribution in [0.1, 0.15) is 133 Å². The van der Waals surface area contributed by atoms with Crippen molar-refractivity contribution >= 4 is 45.1 Å². The highest BCUT2D eigenvalue weighted by atomic mass is 14.9. The van der Waals surface area contributed by atoms with E-state index < -0.39 is 0 Å². The summed E-state index contributed by atoms with van der Waals surface area (Å²) >= 11 is 0. The zero-order chi connectivity index (χ0) is 51.4. The highest BCUT2D eigenvalue weighted by Crippen LogP contribution is 2.53. The molecular formula is C68H76N4. The lowest BCUT2D eigenvalue weighted by atomic mass is 9.78. The van der Waals surface area contributed by atoms with E-state index in [4.69, 9.17) is 20.0 Å². The third kappa shape index (κ3) is 8.63. The smallest absolute Gasteiger partial charge is 0.0775 e. The van der Waals surface area contributed by atoms with Gasteiger partial charge in [0.25, 0.3) is 0 Å². The molecule has 0 fully saturated rings. The topological polar surface area (TPSA) is 49.4 Å². The monoisotopic (exact) mass is 949 g/mol. The number of rotatable bonds is 12. The first-order valence-electron chi connectivity index (χ1n) is 27.0. The van der Waals surface area contributed by atoms with E-state index in [1.807, 2.05) is 0 Å². The van der Waals surface area contributed by atoms with Gasteiger partial charge < -0.3 is 0 Å². The summed E-state index contributed by atoms with van der Waals surface area (Å²) in [7, 11) is 0. The van der Waals surface area contributed by atoms with Crippen molar-refractivity contribution < 1.29 is 0 Å². The van der Waals surface area contributed by atoms with Crippen molar-refractivity contribution in [2.75, 3.05) is 0 Å². The Morgan fingerprint density at radius 2 is 0.361 bits per heavy atom. The summed E-state index contributed by atoms with van der Waals surface area (Å²) < 4.78 is 0. The standard InChI is InChI=1S/C68H76N4/c1-37(2)49-50(38(3)4)62-58(46-31-23-18-24-32-46)64-53(41(9)10)54(42(11)12)66(71-64)60(48-35-27-20-28-36-48)68-56(44(15)16)55(43(13)14)67(72-68)59(47-33-25-19-26-34-47)65-52(40(7)8)51(39(5)6)63(70-65)57(61(49)69-62)45-29-21-17-22-30-45/h17-44H,1-16H3. The first-order chi connectivity index (χ1) is 34.4. The minimum Gasteiger partial charge on any atom is -0.247 e. The summed E-state index contributed by atoms with van der Waals surface area (Å²) in [6.45, 7) is 37.7. The minimum absolute atomic E-state index is 0.149. The van der Waals surface area contributed by atoms with Gasteiger partial charge in [-0.3, -0.25) is 0 Å². The fourth-order valence-corrected chi connectivity index (χ4v) is 12.1. The van der Waals surface area contributed by atoms with E-state index in [2.05, 4.69) is 232 Å². The van der Waals surface area contributed by atoms with Gasteiger partial charge in [0.15, 0.2) is 0 Å². The van der Waals surface area contributed by atoms with Crippen LogP contribution in [0.4, 0.5) is 0 Å². The van der Waals surface area contributed by atoms with E-state index in [0.717, 1.165) is 90.2 Å². The lowest BCUT2D eigenvalue weighted by Gasteiger charge is -2.23. The Morgan fingerprint density at radius 3 is 0.500 bits per heavy atom. The predicted molar refractivity (Wildman–Crippen MR) is 310 cm³/mol. The number of hydrogen-bond donors (Lipinski definition) is 0. The third-order valence-corrected chi connectivity index (χ3v) is 14.9.